The molecule has 0 radical (unpaired) electrons. The molecule has 0 aliphatic carbocycles. The van der Waals surface area contributed by atoms with E-state index >= 15 is 0 Å². The highest BCUT2D eigenvalue weighted by Crippen LogP contribution is 2.20. The highest BCUT2D eigenvalue weighted by atomic mass is 35.5. The van der Waals surface area contributed by atoms with Crippen molar-refractivity contribution < 1.29 is 9.18 Å². The molecule has 0 aliphatic rings. The number of nitrogens with one attached hydrogen (secondary N) is 2. The van der Waals surface area contributed by atoms with Crippen molar-refractivity contribution >= 4 is 35.0 Å². The van der Waals surface area contributed by atoms with Crippen LogP contribution in [0.15, 0.2) is 28.2 Å². The van der Waals surface area contributed by atoms with Crippen LogP contribution in [0.5, 0.6) is 0 Å². The van der Waals surface area contributed by atoms with Gasteiger partial charge in [-0.15, -0.1) is 5.10 Å². The SMILES string of the molecule is CCCCn1c(SCC(=O)Nc2ccc(F)c(Cl)c2)n[nH]c1=O. The second-order valence-electron chi connectivity index (χ2n) is 4.78. The molecule has 0 unspecified atom stereocenters. The third kappa shape index (κ3) is 4.84. The van der Waals surface area contributed by atoms with Gasteiger partial charge in [0.15, 0.2) is 5.16 Å². The first-order valence-corrected chi connectivity index (χ1v) is 8.40. The number of thioether (sulfide) groups is 1. The number of rotatable bonds is 7. The average Bonchev–Trinajstić information content (AvgIpc) is 2.87. The van der Waals surface area contributed by atoms with Crippen LogP contribution in [0.3, 0.4) is 0 Å². The quantitative estimate of drug-likeness (QED) is 0.746. The van der Waals surface area contributed by atoms with Crippen molar-refractivity contribution in [2.45, 2.75) is 31.5 Å². The van der Waals surface area contributed by atoms with Crippen LogP contribution in [0.2, 0.25) is 5.02 Å². The fraction of sp³-hybridized carbons (Fsp3) is 0.357. The maximum atomic E-state index is 13.1. The Morgan fingerprint density at radius 1 is 1.52 bits per heavy atom. The number of aromatic amines is 1. The highest BCUT2D eigenvalue weighted by molar-refractivity contribution is 7.99. The van der Waals surface area contributed by atoms with E-state index in [0.29, 0.717) is 17.4 Å². The Bertz CT molecular complexity index is 747. The first-order chi connectivity index (χ1) is 11.0. The molecule has 1 aromatic carbocycles. The number of carbonyl (C=O) groups excluding carboxylic acids is 1. The third-order valence-electron chi connectivity index (χ3n) is 2.99. The van der Waals surface area contributed by atoms with E-state index in [1.165, 1.54) is 22.8 Å². The molecule has 23 heavy (non-hydrogen) atoms. The smallest absolute Gasteiger partial charge is 0.325 e. The minimum Gasteiger partial charge on any atom is -0.325 e. The van der Waals surface area contributed by atoms with Gasteiger partial charge in [-0.2, -0.15) is 0 Å². The Kier molecular flexibility index (Phi) is 6.23. The lowest BCUT2D eigenvalue weighted by molar-refractivity contribution is -0.113. The number of H-pyrrole nitrogens is 1. The highest BCUT2D eigenvalue weighted by Gasteiger charge is 2.11. The standard InChI is InChI=1S/C14H16ClFN4O2S/c1-2-3-6-20-13(22)18-19-14(20)23-8-12(21)17-9-4-5-11(16)10(15)7-9/h4-5,7H,2-3,6,8H2,1H3,(H,17,21)(H,18,22). The van der Waals surface area contributed by atoms with Crippen molar-refractivity contribution in [1.82, 2.24) is 14.8 Å². The first kappa shape index (κ1) is 17.6. The molecule has 2 rings (SSSR count). The monoisotopic (exact) mass is 358 g/mol. The number of unbranched alkanes of at least 4 members (excludes halogenated alkanes) is 1. The van der Waals surface area contributed by atoms with Crippen LogP contribution >= 0.6 is 23.4 Å². The third-order valence-corrected chi connectivity index (χ3v) is 4.26. The number of anilines is 1. The number of halogens is 2. The zero-order valence-electron chi connectivity index (χ0n) is 12.4. The minimum atomic E-state index is -0.546. The Morgan fingerprint density at radius 3 is 3.00 bits per heavy atom. The van der Waals surface area contributed by atoms with Crippen LogP contribution in [0.1, 0.15) is 19.8 Å². The lowest BCUT2D eigenvalue weighted by Gasteiger charge is -2.06. The van der Waals surface area contributed by atoms with Gasteiger partial charge >= 0.3 is 5.69 Å². The van der Waals surface area contributed by atoms with Crippen molar-refractivity contribution in [2.24, 2.45) is 0 Å². The van der Waals surface area contributed by atoms with Crippen LogP contribution in [-0.2, 0) is 11.3 Å². The van der Waals surface area contributed by atoms with Crippen molar-refractivity contribution in [3.05, 3.63) is 39.5 Å². The molecule has 9 heteroatoms. The van der Waals surface area contributed by atoms with Gasteiger partial charge in [-0.1, -0.05) is 36.7 Å². The molecule has 0 bridgehead atoms. The summed E-state index contributed by atoms with van der Waals surface area (Å²) in [5, 5.41) is 9.31. The zero-order chi connectivity index (χ0) is 16.8. The van der Waals surface area contributed by atoms with E-state index in [2.05, 4.69) is 15.5 Å². The Morgan fingerprint density at radius 2 is 2.30 bits per heavy atom. The fourth-order valence-electron chi connectivity index (χ4n) is 1.83. The Balaban J connectivity index is 1.94. The average molecular weight is 359 g/mol. The van der Waals surface area contributed by atoms with Crippen LogP contribution in [0.4, 0.5) is 10.1 Å². The number of carbonyl (C=O) groups is 1. The van der Waals surface area contributed by atoms with E-state index in [-0.39, 0.29) is 22.4 Å². The van der Waals surface area contributed by atoms with Gasteiger partial charge in [0.25, 0.3) is 0 Å². The number of hydrogen-bond donors (Lipinski definition) is 2. The van der Waals surface area contributed by atoms with Gasteiger partial charge in [0.1, 0.15) is 5.82 Å². The maximum absolute atomic E-state index is 13.1. The summed E-state index contributed by atoms with van der Waals surface area (Å²) in [5.74, 6) is -0.767. The summed E-state index contributed by atoms with van der Waals surface area (Å²) >= 11 is 6.81. The summed E-state index contributed by atoms with van der Waals surface area (Å²) in [6, 6.07) is 3.95. The molecule has 0 aliphatic heterocycles. The summed E-state index contributed by atoms with van der Waals surface area (Å²) in [5.41, 5.74) is 0.124. The van der Waals surface area contributed by atoms with Crippen molar-refractivity contribution in [3.63, 3.8) is 0 Å². The number of aromatic nitrogens is 3. The van der Waals surface area contributed by atoms with Gasteiger partial charge in [-0.3, -0.25) is 9.36 Å². The molecule has 1 aromatic heterocycles. The van der Waals surface area contributed by atoms with Crippen molar-refractivity contribution in [3.8, 4) is 0 Å². The summed E-state index contributed by atoms with van der Waals surface area (Å²) in [6.07, 6.45) is 1.81. The van der Waals surface area contributed by atoms with Gasteiger partial charge < -0.3 is 5.32 Å². The normalized spacial score (nSPS) is 10.7. The number of benzene rings is 1. The molecule has 2 aromatic rings. The lowest BCUT2D eigenvalue weighted by atomic mass is 10.3. The van der Waals surface area contributed by atoms with E-state index in [1.54, 1.807) is 0 Å². The van der Waals surface area contributed by atoms with E-state index in [4.69, 9.17) is 11.6 Å². The minimum absolute atomic E-state index is 0.0591. The van der Waals surface area contributed by atoms with E-state index in [1.807, 2.05) is 6.92 Å². The fourth-order valence-corrected chi connectivity index (χ4v) is 2.78. The maximum Gasteiger partial charge on any atom is 0.343 e. The van der Waals surface area contributed by atoms with E-state index < -0.39 is 5.82 Å². The van der Waals surface area contributed by atoms with Crippen molar-refractivity contribution in [2.75, 3.05) is 11.1 Å². The molecule has 0 atom stereocenters. The predicted molar refractivity (Wildman–Crippen MR) is 88.5 cm³/mol. The van der Waals surface area contributed by atoms with Crippen LogP contribution in [0, 0.1) is 5.82 Å². The summed E-state index contributed by atoms with van der Waals surface area (Å²) in [7, 11) is 0. The van der Waals surface area contributed by atoms with Crippen LogP contribution in [-0.4, -0.2) is 26.4 Å². The molecule has 2 N–H and O–H groups in total. The predicted octanol–water partition coefficient (Wildman–Crippen LogP) is 2.89. The van der Waals surface area contributed by atoms with Gasteiger partial charge in [-0.25, -0.2) is 14.3 Å². The Labute approximate surface area is 141 Å². The van der Waals surface area contributed by atoms with Gasteiger partial charge in [-0.05, 0) is 24.6 Å². The molecule has 0 saturated carbocycles. The molecule has 1 amide bonds. The molecule has 124 valence electrons. The van der Waals surface area contributed by atoms with Crippen LogP contribution < -0.4 is 11.0 Å². The first-order valence-electron chi connectivity index (χ1n) is 7.04. The summed E-state index contributed by atoms with van der Waals surface area (Å²) in [4.78, 5) is 23.6. The largest absolute Gasteiger partial charge is 0.343 e. The van der Waals surface area contributed by atoms with Gasteiger partial charge in [0.2, 0.25) is 5.91 Å². The van der Waals surface area contributed by atoms with Gasteiger partial charge in [0, 0.05) is 12.2 Å². The molecule has 0 saturated heterocycles. The molecule has 0 spiro atoms. The van der Waals surface area contributed by atoms with E-state index in [0.717, 1.165) is 24.6 Å². The van der Waals surface area contributed by atoms with Crippen molar-refractivity contribution in [1.29, 1.82) is 0 Å². The second kappa shape index (κ2) is 8.16. The van der Waals surface area contributed by atoms with E-state index in [9.17, 15) is 14.0 Å². The van der Waals surface area contributed by atoms with Crippen LogP contribution in [0.25, 0.3) is 0 Å². The number of amides is 1. The lowest BCUT2D eigenvalue weighted by Crippen LogP contribution is -2.19. The number of hydrogen-bond acceptors (Lipinski definition) is 4. The second-order valence-corrected chi connectivity index (χ2v) is 6.13. The Hall–Kier alpha value is -1.80. The zero-order valence-corrected chi connectivity index (χ0v) is 14.0. The molecular formula is C14H16ClFN4O2S. The van der Waals surface area contributed by atoms with Gasteiger partial charge in [0.05, 0.1) is 10.8 Å². The molecule has 6 nitrogen and oxygen atoms in total. The molecule has 1 heterocycles. The number of nitrogens with zero attached hydrogens (tertiary/aromatic N) is 2. The molecule has 0 fully saturated rings. The molecular weight excluding hydrogens is 343 g/mol. The topological polar surface area (TPSA) is 79.8 Å². The summed E-state index contributed by atoms with van der Waals surface area (Å²) < 4.78 is 14.6. The summed E-state index contributed by atoms with van der Waals surface area (Å²) in [6.45, 7) is 2.59.